The maximum atomic E-state index is 12.6. The summed E-state index contributed by atoms with van der Waals surface area (Å²) in [6.07, 6.45) is 1.45. The number of carbonyl (C=O) groups is 1. The van der Waals surface area contributed by atoms with Crippen molar-refractivity contribution < 1.29 is 9.53 Å². The number of aromatic nitrogens is 2. The predicted molar refractivity (Wildman–Crippen MR) is 87.9 cm³/mol. The highest BCUT2D eigenvalue weighted by Crippen LogP contribution is 2.23. The smallest absolute Gasteiger partial charge is 0.272 e. The SMILES string of the molecule is CCN(c1ccccc1)c1cc(C(=O)N2CCOCC2)ncn1. The van der Waals surface area contributed by atoms with Crippen LogP contribution in [0.5, 0.6) is 0 Å². The van der Waals surface area contributed by atoms with Crippen LogP contribution >= 0.6 is 0 Å². The van der Waals surface area contributed by atoms with Crippen LogP contribution < -0.4 is 4.90 Å². The van der Waals surface area contributed by atoms with Crippen LogP contribution in [0.2, 0.25) is 0 Å². The largest absolute Gasteiger partial charge is 0.378 e. The molecule has 1 saturated heterocycles. The van der Waals surface area contributed by atoms with Crippen molar-refractivity contribution in [2.24, 2.45) is 0 Å². The van der Waals surface area contributed by atoms with Gasteiger partial charge in [0.05, 0.1) is 13.2 Å². The van der Waals surface area contributed by atoms with E-state index in [0.29, 0.717) is 32.0 Å². The normalized spacial score (nSPS) is 14.6. The number of nitrogens with zero attached hydrogens (tertiary/aromatic N) is 4. The van der Waals surface area contributed by atoms with E-state index in [-0.39, 0.29) is 5.91 Å². The molecule has 2 heterocycles. The molecule has 0 unspecified atom stereocenters. The molecule has 3 rings (SSSR count). The van der Waals surface area contributed by atoms with E-state index >= 15 is 0 Å². The summed E-state index contributed by atoms with van der Waals surface area (Å²) in [5, 5.41) is 0. The first-order valence-electron chi connectivity index (χ1n) is 7.81. The van der Waals surface area contributed by atoms with Crippen molar-refractivity contribution in [1.82, 2.24) is 14.9 Å². The van der Waals surface area contributed by atoms with Gasteiger partial charge in [-0.15, -0.1) is 0 Å². The van der Waals surface area contributed by atoms with Crippen molar-refractivity contribution in [2.45, 2.75) is 6.92 Å². The summed E-state index contributed by atoms with van der Waals surface area (Å²) in [6.45, 7) is 5.18. The summed E-state index contributed by atoms with van der Waals surface area (Å²) in [5.41, 5.74) is 1.46. The molecule has 0 spiro atoms. The highest BCUT2D eigenvalue weighted by Gasteiger charge is 2.21. The van der Waals surface area contributed by atoms with Gasteiger partial charge < -0.3 is 14.5 Å². The number of hydrogen-bond acceptors (Lipinski definition) is 5. The van der Waals surface area contributed by atoms with Gasteiger partial charge in [-0.1, -0.05) is 18.2 Å². The third kappa shape index (κ3) is 3.48. The fourth-order valence-electron chi connectivity index (χ4n) is 2.62. The number of carbonyl (C=O) groups excluding carboxylic acids is 1. The molecule has 120 valence electrons. The quantitative estimate of drug-likeness (QED) is 0.865. The summed E-state index contributed by atoms with van der Waals surface area (Å²) in [7, 11) is 0. The lowest BCUT2D eigenvalue weighted by molar-refractivity contribution is 0.0299. The predicted octanol–water partition coefficient (Wildman–Crippen LogP) is 2.11. The fourth-order valence-corrected chi connectivity index (χ4v) is 2.62. The zero-order valence-corrected chi connectivity index (χ0v) is 13.2. The molecule has 0 saturated carbocycles. The summed E-state index contributed by atoms with van der Waals surface area (Å²) in [5.74, 6) is 0.659. The average molecular weight is 312 g/mol. The number of anilines is 2. The molecule has 0 N–H and O–H groups in total. The molecule has 1 fully saturated rings. The van der Waals surface area contributed by atoms with Gasteiger partial charge in [0.15, 0.2) is 0 Å². The summed E-state index contributed by atoms with van der Waals surface area (Å²) in [4.78, 5) is 24.9. The second-order valence-corrected chi connectivity index (χ2v) is 5.25. The van der Waals surface area contributed by atoms with Gasteiger partial charge >= 0.3 is 0 Å². The van der Waals surface area contributed by atoms with Crippen LogP contribution in [-0.2, 0) is 4.74 Å². The van der Waals surface area contributed by atoms with Crippen LogP contribution in [0.25, 0.3) is 0 Å². The molecule has 0 radical (unpaired) electrons. The first kappa shape index (κ1) is 15.4. The average Bonchev–Trinajstić information content (AvgIpc) is 2.64. The lowest BCUT2D eigenvalue weighted by Crippen LogP contribution is -2.41. The van der Waals surface area contributed by atoms with E-state index in [1.807, 2.05) is 30.3 Å². The van der Waals surface area contributed by atoms with Crippen LogP contribution in [-0.4, -0.2) is 53.6 Å². The Kier molecular flexibility index (Phi) is 4.83. The van der Waals surface area contributed by atoms with Gasteiger partial charge in [0.2, 0.25) is 0 Å². The van der Waals surface area contributed by atoms with Crippen LogP contribution in [0.15, 0.2) is 42.7 Å². The van der Waals surface area contributed by atoms with Crippen molar-refractivity contribution in [1.29, 1.82) is 0 Å². The summed E-state index contributed by atoms with van der Waals surface area (Å²) in [6, 6.07) is 11.8. The molecular weight excluding hydrogens is 292 g/mol. The Balaban J connectivity index is 1.85. The zero-order chi connectivity index (χ0) is 16.1. The third-order valence-corrected chi connectivity index (χ3v) is 3.83. The summed E-state index contributed by atoms with van der Waals surface area (Å²) < 4.78 is 5.29. The number of rotatable bonds is 4. The first-order valence-corrected chi connectivity index (χ1v) is 7.81. The maximum Gasteiger partial charge on any atom is 0.272 e. The lowest BCUT2D eigenvalue weighted by Gasteiger charge is -2.27. The molecule has 1 amide bonds. The van der Waals surface area contributed by atoms with Gasteiger partial charge in [0.1, 0.15) is 17.8 Å². The molecule has 1 aromatic carbocycles. The zero-order valence-electron chi connectivity index (χ0n) is 13.2. The molecule has 2 aromatic rings. The van der Waals surface area contributed by atoms with Gasteiger partial charge in [0, 0.05) is 31.4 Å². The van der Waals surface area contributed by atoms with E-state index in [1.165, 1.54) is 6.33 Å². The highest BCUT2D eigenvalue weighted by atomic mass is 16.5. The third-order valence-electron chi connectivity index (χ3n) is 3.83. The van der Waals surface area contributed by atoms with E-state index in [0.717, 1.165) is 18.1 Å². The number of amides is 1. The van der Waals surface area contributed by atoms with Crippen LogP contribution in [0.4, 0.5) is 11.5 Å². The molecular formula is C17H20N4O2. The van der Waals surface area contributed by atoms with Gasteiger partial charge in [-0.05, 0) is 19.1 Å². The molecule has 1 aliphatic heterocycles. The van der Waals surface area contributed by atoms with E-state index in [2.05, 4.69) is 21.8 Å². The number of ether oxygens (including phenoxy) is 1. The lowest BCUT2D eigenvalue weighted by atomic mass is 10.2. The molecule has 6 heteroatoms. The summed E-state index contributed by atoms with van der Waals surface area (Å²) >= 11 is 0. The van der Waals surface area contributed by atoms with Crippen molar-refractivity contribution in [2.75, 3.05) is 37.7 Å². The number of hydrogen-bond donors (Lipinski definition) is 0. The first-order chi connectivity index (χ1) is 11.3. The standard InChI is InChI=1S/C17H20N4O2/c1-2-21(14-6-4-3-5-7-14)16-12-15(18-13-19-16)17(22)20-8-10-23-11-9-20/h3-7,12-13H,2,8-11H2,1H3. The Morgan fingerprint density at radius 3 is 2.65 bits per heavy atom. The minimum absolute atomic E-state index is 0.0685. The molecule has 0 aliphatic carbocycles. The fraction of sp³-hybridized carbons (Fsp3) is 0.353. The molecule has 0 atom stereocenters. The van der Waals surface area contributed by atoms with Crippen LogP contribution in [0.1, 0.15) is 17.4 Å². The number of para-hydroxylation sites is 1. The van der Waals surface area contributed by atoms with Gasteiger partial charge in [-0.3, -0.25) is 4.79 Å². The van der Waals surface area contributed by atoms with Crippen molar-refractivity contribution in [3.63, 3.8) is 0 Å². The second-order valence-electron chi connectivity index (χ2n) is 5.25. The molecule has 23 heavy (non-hydrogen) atoms. The van der Waals surface area contributed by atoms with Crippen molar-refractivity contribution in [3.8, 4) is 0 Å². The highest BCUT2D eigenvalue weighted by molar-refractivity contribution is 5.93. The Labute approximate surface area is 135 Å². The van der Waals surface area contributed by atoms with E-state index in [4.69, 9.17) is 4.74 Å². The number of benzene rings is 1. The molecule has 1 aliphatic rings. The molecule has 1 aromatic heterocycles. The minimum atomic E-state index is -0.0685. The monoisotopic (exact) mass is 312 g/mol. The molecule has 0 bridgehead atoms. The van der Waals surface area contributed by atoms with Gasteiger partial charge in [-0.2, -0.15) is 0 Å². The molecule has 6 nitrogen and oxygen atoms in total. The maximum absolute atomic E-state index is 12.6. The van der Waals surface area contributed by atoms with Crippen LogP contribution in [0, 0.1) is 0 Å². The van der Waals surface area contributed by atoms with E-state index < -0.39 is 0 Å². The minimum Gasteiger partial charge on any atom is -0.378 e. The van der Waals surface area contributed by atoms with E-state index in [1.54, 1.807) is 11.0 Å². The Bertz CT molecular complexity index is 657. The van der Waals surface area contributed by atoms with E-state index in [9.17, 15) is 4.79 Å². The van der Waals surface area contributed by atoms with Crippen molar-refractivity contribution >= 4 is 17.4 Å². The second kappa shape index (κ2) is 7.19. The Hall–Kier alpha value is -2.47. The Morgan fingerprint density at radius 2 is 1.96 bits per heavy atom. The van der Waals surface area contributed by atoms with Gasteiger partial charge in [-0.25, -0.2) is 9.97 Å². The Morgan fingerprint density at radius 1 is 1.22 bits per heavy atom. The van der Waals surface area contributed by atoms with Crippen LogP contribution in [0.3, 0.4) is 0 Å². The topological polar surface area (TPSA) is 58.6 Å². The van der Waals surface area contributed by atoms with Gasteiger partial charge in [0.25, 0.3) is 5.91 Å². The van der Waals surface area contributed by atoms with Crippen molar-refractivity contribution in [3.05, 3.63) is 48.4 Å². The number of morpholine rings is 1.